The Labute approximate surface area is 378 Å². The summed E-state index contributed by atoms with van der Waals surface area (Å²) in [7, 11) is 0. The smallest absolute Gasteiger partial charge is 0.166 e. The molecule has 0 amide bonds. The van der Waals surface area contributed by atoms with Gasteiger partial charge < -0.3 is 8.98 Å². The van der Waals surface area contributed by atoms with Gasteiger partial charge in [0.15, 0.2) is 23.1 Å². The Morgan fingerprint density at radius 2 is 0.909 bits per heavy atom. The van der Waals surface area contributed by atoms with E-state index < -0.39 is 0 Å². The summed E-state index contributed by atoms with van der Waals surface area (Å²) in [5.41, 5.74) is 9.57. The molecule has 306 valence electrons. The van der Waals surface area contributed by atoms with Gasteiger partial charge in [0.1, 0.15) is 11.3 Å². The average Bonchev–Trinajstić information content (AvgIpc) is 3.93. The van der Waals surface area contributed by atoms with Crippen molar-refractivity contribution in [2.75, 3.05) is 0 Å². The molecule has 14 rings (SSSR count). The van der Waals surface area contributed by atoms with Crippen LogP contribution < -0.4 is 0 Å². The van der Waals surface area contributed by atoms with Crippen LogP contribution in [0.5, 0.6) is 0 Å². The van der Waals surface area contributed by atoms with Crippen molar-refractivity contribution in [2.45, 2.75) is 0 Å². The fourth-order valence-electron chi connectivity index (χ4n) is 10.4. The molecule has 3 aromatic heterocycles. The minimum atomic E-state index is 0.556. The summed E-state index contributed by atoms with van der Waals surface area (Å²) in [5, 5.41) is 13.4. The van der Waals surface area contributed by atoms with Crippen LogP contribution in [0.25, 0.3) is 138 Å². The van der Waals surface area contributed by atoms with Gasteiger partial charge in [-0.05, 0) is 78.5 Å². The lowest BCUT2D eigenvalue weighted by Gasteiger charge is -2.18. The SMILES string of the molecule is c1ccc(-c2ccc(-c3nc(-c4cccc5ccccc45)nc(-c4c(-n5c6cc7ccccc7cc6c6c7ccccc7ccc65)c5oc6ccccc6c5c5ccccc45)n3)cc2)cc1. The van der Waals surface area contributed by atoms with E-state index in [1.54, 1.807) is 0 Å². The first-order chi connectivity index (χ1) is 32.7. The van der Waals surface area contributed by atoms with Crippen molar-refractivity contribution >= 4 is 86.8 Å². The van der Waals surface area contributed by atoms with Gasteiger partial charge in [0, 0.05) is 32.7 Å². The Balaban J connectivity index is 1.16. The molecule has 5 nitrogen and oxygen atoms in total. The van der Waals surface area contributed by atoms with Crippen LogP contribution in [0.4, 0.5) is 0 Å². The first-order valence-corrected chi connectivity index (χ1v) is 22.3. The van der Waals surface area contributed by atoms with Gasteiger partial charge in [-0.2, -0.15) is 0 Å². The number of rotatable bonds is 5. The summed E-state index contributed by atoms with van der Waals surface area (Å²) in [6.07, 6.45) is 0. The highest BCUT2D eigenvalue weighted by molar-refractivity contribution is 6.28. The van der Waals surface area contributed by atoms with Gasteiger partial charge in [-0.1, -0.05) is 194 Å². The molecule has 5 heteroatoms. The zero-order valence-corrected chi connectivity index (χ0v) is 35.5. The van der Waals surface area contributed by atoms with E-state index in [1.165, 1.54) is 21.5 Å². The second-order valence-corrected chi connectivity index (χ2v) is 17.1. The van der Waals surface area contributed by atoms with Crippen molar-refractivity contribution in [3.05, 3.63) is 218 Å². The van der Waals surface area contributed by atoms with Crippen LogP contribution in [0.1, 0.15) is 0 Å². The zero-order chi connectivity index (χ0) is 43.3. The summed E-state index contributed by atoms with van der Waals surface area (Å²) in [4.78, 5) is 16.5. The van der Waals surface area contributed by atoms with Crippen molar-refractivity contribution in [1.29, 1.82) is 0 Å². The van der Waals surface area contributed by atoms with Crippen molar-refractivity contribution in [2.24, 2.45) is 0 Å². The lowest BCUT2D eigenvalue weighted by Crippen LogP contribution is -2.05. The quantitative estimate of drug-likeness (QED) is 0.173. The fraction of sp³-hybridized carbons (Fsp3) is 0. The summed E-state index contributed by atoms with van der Waals surface area (Å²) in [5.74, 6) is 1.74. The minimum Gasteiger partial charge on any atom is -0.454 e. The van der Waals surface area contributed by atoms with E-state index in [0.717, 1.165) is 98.8 Å². The van der Waals surface area contributed by atoms with Crippen molar-refractivity contribution in [1.82, 2.24) is 19.5 Å². The number of para-hydroxylation sites is 1. The van der Waals surface area contributed by atoms with E-state index in [4.69, 9.17) is 19.4 Å². The van der Waals surface area contributed by atoms with Crippen molar-refractivity contribution in [3.8, 4) is 51.0 Å². The Bertz CT molecular complexity index is 4280. The lowest BCUT2D eigenvalue weighted by molar-refractivity contribution is 0.667. The Hall–Kier alpha value is -8.93. The lowest BCUT2D eigenvalue weighted by atomic mass is 9.96. The molecular weight excluding hydrogens is 805 g/mol. The normalized spacial score (nSPS) is 11.9. The average molecular weight is 841 g/mol. The molecule has 0 spiro atoms. The number of hydrogen-bond acceptors (Lipinski definition) is 4. The van der Waals surface area contributed by atoms with E-state index >= 15 is 0 Å². The number of furan rings is 1. The molecule has 0 saturated heterocycles. The molecule has 0 aliphatic heterocycles. The number of hydrogen-bond donors (Lipinski definition) is 0. The van der Waals surface area contributed by atoms with Crippen LogP contribution in [-0.2, 0) is 0 Å². The fourth-order valence-corrected chi connectivity index (χ4v) is 10.4. The highest BCUT2D eigenvalue weighted by atomic mass is 16.3. The van der Waals surface area contributed by atoms with E-state index in [0.29, 0.717) is 17.5 Å². The van der Waals surface area contributed by atoms with Crippen LogP contribution in [0.3, 0.4) is 0 Å². The van der Waals surface area contributed by atoms with Gasteiger partial charge >= 0.3 is 0 Å². The molecule has 0 atom stereocenters. The predicted octanol–water partition coefficient (Wildman–Crippen LogP) is 16.1. The number of fused-ring (bicyclic) bond motifs is 12. The Morgan fingerprint density at radius 3 is 1.71 bits per heavy atom. The van der Waals surface area contributed by atoms with Crippen LogP contribution in [-0.4, -0.2) is 19.5 Å². The molecule has 0 unspecified atom stereocenters. The largest absolute Gasteiger partial charge is 0.454 e. The maximum atomic E-state index is 7.20. The topological polar surface area (TPSA) is 56.7 Å². The Morgan fingerprint density at radius 1 is 0.333 bits per heavy atom. The molecule has 0 aliphatic rings. The van der Waals surface area contributed by atoms with Crippen molar-refractivity contribution in [3.63, 3.8) is 0 Å². The van der Waals surface area contributed by atoms with Gasteiger partial charge in [0.05, 0.1) is 16.6 Å². The Kier molecular flexibility index (Phi) is 7.91. The zero-order valence-electron chi connectivity index (χ0n) is 35.5. The molecule has 11 aromatic carbocycles. The third-order valence-corrected chi connectivity index (χ3v) is 13.4. The molecule has 0 saturated carbocycles. The molecule has 66 heavy (non-hydrogen) atoms. The van der Waals surface area contributed by atoms with E-state index in [2.05, 4.69) is 211 Å². The van der Waals surface area contributed by atoms with E-state index in [-0.39, 0.29) is 0 Å². The number of aromatic nitrogens is 4. The minimum absolute atomic E-state index is 0.556. The first kappa shape index (κ1) is 36.5. The summed E-state index contributed by atoms with van der Waals surface area (Å²) in [6.45, 7) is 0. The van der Waals surface area contributed by atoms with Crippen LogP contribution in [0.15, 0.2) is 223 Å². The van der Waals surface area contributed by atoms with Gasteiger partial charge in [-0.3, -0.25) is 0 Å². The van der Waals surface area contributed by atoms with Crippen LogP contribution >= 0.6 is 0 Å². The molecule has 14 aromatic rings. The van der Waals surface area contributed by atoms with Crippen LogP contribution in [0, 0.1) is 0 Å². The summed E-state index contributed by atoms with van der Waals surface area (Å²) in [6, 6.07) is 77.3. The number of benzene rings is 11. The van der Waals surface area contributed by atoms with E-state index in [1.807, 2.05) is 12.1 Å². The standard InChI is InChI=1S/C61H36N4O/c1-2-15-37(16-3-1)38-29-31-41(32-30-38)59-62-60(48-27-14-21-39-17-6-8-22-44(39)48)64-61(63-59)56-47-25-11-10-24-46(47)55-49-26-12-13-28-53(49)66-58(55)57(56)65-51-34-33-40-18-7-9-23-45(40)54(51)50-35-42-19-4-5-20-43(42)36-52(50)65/h1-36H. The maximum absolute atomic E-state index is 7.20. The summed E-state index contributed by atoms with van der Waals surface area (Å²) < 4.78 is 9.62. The second-order valence-electron chi connectivity index (χ2n) is 17.1. The molecule has 0 bridgehead atoms. The second kappa shape index (κ2) is 14.3. The van der Waals surface area contributed by atoms with Gasteiger partial charge in [0.25, 0.3) is 0 Å². The van der Waals surface area contributed by atoms with Crippen LogP contribution in [0.2, 0.25) is 0 Å². The molecule has 0 N–H and O–H groups in total. The summed E-state index contributed by atoms with van der Waals surface area (Å²) >= 11 is 0. The van der Waals surface area contributed by atoms with Gasteiger partial charge in [-0.25, -0.2) is 15.0 Å². The van der Waals surface area contributed by atoms with Crippen molar-refractivity contribution < 1.29 is 4.42 Å². The molecule has 0 aliphatic carbocycles. The molecular formula is C61H36N4O. The monoisotopic (exact) mass is 840 g/mol. The highest BCUT2D eigenvalue weighted by Crippen LogP contribution is 2.49. The van der Waals surface area contributed by atoms with Gasteiger partial charge in [-0.15, -0.1) is 0 Å². The first-order valence-electron chi connectivity index (χ1n) is 22.3. The predicted molar refractivity (Wildman–Crippen MR) is 273 cm³/mol. The highest BCUT2D eigenvalue weighted by Gasteiger charge is 2.28. The third-order valence-electron chi connectivity index (χ3n) is 13.4. The molecule has 0 fully saturated rings. The van der Waals surface area contributed by atoms with Gasteiger partial charge in [0.2, 0.25) is 0 Å². The molecule has 3 heterocycles. The number of nitrogens with zero attached hydrogens (tertiary/aromatic N) is 4. The molecule has 0 radical (unpaired) electrons. The third kappa shape index (κ3) is 5.50. The maximum Gasteiger partial charge on any atom is 0.166 e. The van der Waals surface area contributed by atoms with E-state index in [9.17, 15) is 0 Å².